The number of phenols is 1. The predicted molar refractivity (Wildman–Crippen MR) is 115 cm³/mol. The summed E-state index contributed by atoms with van der Waals surface area (Å²) in [6.45, 7) is 6.91. The Balaban J connectivity index is 1.59. The Kier molecular flexibility index (Phi) is 4.54. The molecular formula is C22H25N3O2S. The van der Waals surface area contributed by atoms with Crippen LogP contribution in [0.1, 0.15) is 48.1 Å². The number of thiophene rings is 1. The molecule has 0 aliphatic heterocycles. The van der Waals surface area contributed by atoms with Crippen molar-refractivity contribution in [3.8, 4) is 5.75 Å². The number of fused-ring (bicyclic) bond motifs is 2. The lowest BCUT2D eigenvalue weighted by molar-refractivity contribution is 0.103. The quantitative estimate of drug-likeness (QED) is 0.324. The smallest absolute Gasteiger partial charge is 0.265 e. The standard InChI is InChI=1S/C22H25N3O2S/c1-22(2,3)14-4-6-17-12(9-14)8-13-10-19(28-21(13)25-17)20(27)24-15-5-7-18(26)16(23)11-15/h5,7-8,10-11,14,26H,4,6,9,23H2,1-3H3,(H,24,27). The summed E-state index contributed by atoms with van der Waals surface area (Å²) in [5, 5.41) is 13.4. The maximum atomic E-state index is 12.7. The first-order chi connectivity index (χ1) is 13.2. The van der Waals surface area contributed by atoms with Crippen molar-refractivity contribution in [1.82, 2.24) is 4.98 Å². The van der Waals surface area contributed by atoms with Gasteiger partial charge in [0, 0.05) is 16.8 Å². The Bertz CT molecular complexity index is 1070. The van der Waals surface area contributed by atoms with Crippen molar-refractivity contribution < 1.29 is 9.90 Å². The van der Waals surface area contributed by atoms with Gasteiger partial charge < -0.3 is 16.2 Å². The number of hydrogen-bond donors (Lipinski definition) is 3. The Labute approximate surface area is 168 Å². The second-order valence-corrected chi connectivity index (χ2v) is 9.66. The third-order valence-corrected chi connectivity index (χ3v) is 6.65. The Morgan fingerprint density at radius 1 is 1.29 bits per heavy atom. The molecular weight excluding hydrogens is 370 g/mol. The number of benzene rings is 1. The van der Waals surface area contributed by atoms with Crippen LogP contribution < -0.4 is 11.1 Å². The highest BCUT2D eigenvalue weighted by atomic mass is 32.1. The number of phenolic OH excluding ortho intramolecular Hbond substituents is 1. The van der Waals surface area contributed by atoms with E-state index in [9.17, 15) is 9.90 Å². The molecule has 2 heterocycles. The van der Waals surface area contributed by atoms with Crippen LogP contribution in [0.3, 0.4) is 0 Å². The molecule has 1 aromatic carbocycles. The van der Waals surface area contributed by atoms with E-state index in [2.05, 4.69) is 32.2 Å². The molecule has 4 N–H and O–H groups in total. The molecule has 1 amide bonds. The molecule has 0 saturated carbocycles. The zero-order chi connectivity index (χ0) is 20.1. The van der Waals surface area contributed by atoms with Crippen molar-refractivity contribution >= 4 is 38.8 Å². The second-order valence-electron chi connectivity index (χ2n) is 8.63. The largest absolute Gasteiger partial charge is 0.506 e. The number of aromatic nitrogens is 1. The Hall–Kier alpha value is -2.60. The summed E-state index contributed by atoms with van der Waals surface area (Å²) in [6.07, 6.45) is 3.21. The zero-order valence-corrected chi connectivity index (χ0v) is 17.2. The SMILES string of the molecule is CC(C)(C)C1CCc2nc3sc(C(=O)Nc4ccc(O)c(N)c4)cc3cc2C1. The number of amides is 1. The lowest BCUT2D eigenvalue weighted by atomic mass is 9.71. The number of nitrogens with zero attached hydrogens (tertiary/aromatic N) is 1. The highest BCUT2D eigenvalue weighted by molar-refractivity contribution is 7.20. The minimum atomic E-state index is -0.196. The molecule has 6 heteroatoms. The van der Waals surface area contributed by atoms with Gasteiger partial charge in [0.1, 0.15) is 10.6 Å². The van der Waals surface area contributed by atoms with E-state index in [0.29, 0.717) is 16.5 Å². The molecule has 1 unspecified atom stereocenters. The van der Waals surface area contributed by atoms with Gasteiger partial charge in [-0.05, 0) is 66.5 Å². The molecule has 0 bridgehead atoms. The van der Waals surface area contributed by atoms with Crippen LogP contribution in [0, 0.1) is 11.3 Å². The number of hydrogen-bond acceptors (Lipinski definition) is 5. The fourth-order valence-corrected chi connectivity index (χ4v) is 4.73. The van der Waals surface area contributed by atoms with Gasteiger partial charge in [-0.2, -0.15) is 0 Å². The highest BCUT2D eigenvalue weighted by Gasteiger charge is 2.29. The fraction of sp³-hybridized carbons (Fsp3) is 0.364. The van der Waals surface area contributed by atoms with Crippen molar-refractivity contribution in [1.29, 1.82) is 0 Å². The number of pyridine rings is 1. The molecule has 3 aromatic rings. The van der Waals surface area contributed by atoms with Crippen LogP contribution in [0.2, 0.25) is 0 Å². The lowest BCUT2D eigenvalue weighted by Crippen LogP contribution is -2.27. The number of nitrogens with one attached hydrogen (secondary N) is 1. The van der Waals surface area contributed by atoms with E-state index < -0.39 is 0 Å². The van der Waals surface area contributed by atoms with Crippen molar-refractivity contribution in [3.63, 3.8) is 0 Å². The molecule has 0 radical (unpaired) electrons. The van der Waals surface area contributed by atoms with Crippen LogP contribution in [-0.2, 0) is 12.8 Å². The second kappa shape index (κ2) is 6.78. The monoisotopic (exact) mass is 395 g/mol. The van der Waals surface area contributed by atoms with Crippen LogP contribution in [0.15, 0.2) is 30.3 Å². The van der Waals surface area contributed by atoms with Gasteiger partial charge in [0.2, 0.25) is 0 Å². The van der Waals surface area contributed by atoms with Gasteiger partial charge >= 0.3 is 0 Å². The van der Waals surface area contributed by atoms with E-state index in [4.69, 9.17) is 10.7 Å². The third-order valence-electron chi connectivity index (χ3n) is 5.61. The van der Waals surface area contributed by atoms with E-state index in [0.717, 1.165) is 29.5 Å². The summed E-state index contributed by atoms with van der Waals surface area (Å²) in [7, 11) is 0. The normalized spacial score (nSPS) is 16.8. The first kappa shape index (κ1) is 18.7. The lowest BCUT2D eigenvalue weighted by Gasteiger charge is -2.34. The van der Waals surface area contributed by atoms with E-state index in [1.807, 2.05) is 6.07 Å². The molecule has 4 rings (SSSR count). The number of aryl methyl sites for hydroxylation is 1. The molecule has 146 valence electrons. The molecule has 1 aliphatic carbocycles. The van der Waals surface area contributed by atoms with Gasteiger partial charge in [-0.1, -0.05) is 20.8 Å². The van der Waals surface area contributed by atoms with Crippen LogP contribution in [-0.4, -0.2) is 16.0 Å². The fourth-order valence-electron chi connectivity index (χ4n) is 3.80. The maximum Gasteiger partial charge on any atom is 0.265 e. The molecule has 1 atom stereocenters. The molecule has 5 nitrogen and oxygen atoms in total. The van der Waals surface area contributed by atoms with Crippen LogP contribution in [0.25, 0.3) is 10.2 Å². The number of nitrogen functional groups attached to an aromatic ring is 1. The first-order valence-electron chi connectivity index (χ1n) is 9.53. The summed E-state index contributed by atoms with van der Waals surface area (Å²) in [4.78, 5) is 19.0. The van der Waals surface area contributed by atoms with Gasteiger partial charge in [-0.15, -0.1) is 11.3 Å². The van der Waals surface area contributed by atoms with Gasteiger partial charge in [0.25, 0.3) is 5.91 Å². The Morgan fingerprint density at radius 3 is 2.79 bits per heavy atom. The van der Waals surface area contributed by atoms with Crippen molar-refractivity contribution in [3.05, 3.63) is 46.5 Å². The average molecular weight is 396 g/mol. The molecule has 2 aromatic heterocycles. The number of aromatic hydroxyl groups is 1. The topological polar surface area (TPSA) is 88.2 Å². The van der Waals surface area contributed by atoms with Gasteiger partial charge in [0.15, 0.2) is 0 Å². The van der Waals surface area contributed by atoms with Crippen LogP contribution >= 0.6 is 11.3 Å². The van der Waals surface area contributed by atoms with E-state index in [1.165, 1.54) is 28.7 Å². The number of anilines is 2. The minimum absolute atomic E-state index is 0.00297. The summed E-state index contributed by atoms with van der Waals surface area (Å²) in [6, 6.07) is 8.76. The van der Waals surface area contributed by atoms with E-state index >= 15 is 0 Å². The zero-order valence-electron chi connectivity index (χ0n) is 16.4. The van der Waals surface area contributed by atoms with Crippen LogP contribution in [0.4, 0.5) is 11.4 Å². The highest BCUT2D eigenvalue weighted by Crippen LogP contribution is 2.38. The first-order valence-corrected chi connectivity index (χ1v) is 10.3. The molecule has 0 saturated heterocycles. The molecule has 0 spiro atoms. The van der Waals surface area contributed by atoms with Crippen molar-refractivity contribution in [2.45, 2.75) is 40.0 Å². The summed E-state index contributed by atoms with van der Waals surface area (Å²) < 4.78 is 0. The Morgan fingerprint density at radius 2 is 2.07 bits per heavy atom. The number of carbonyl (C=O) groups is 1. The van der Waals surface area contributed by atoms with Crippen molar-refractivity contribution in [2.24, 2.45) is 11.3 Å². The molecule has 0 fully saturated rings. The number of carbonyl (C=O) groups excluding carboxylic acids is 1. The third kappa shape index (κ3) is 3.56. The summed E-state index contributed by atoms with van der Waals surface area (Å²) in [5.74, 6) is 0.461. The molecule has 1 aliphatic rings. The summed E-state index contributed by atoms with van der Waals surface area (Å²) >= 11 is 1.41. The van der Waals surface area contributed by atoms with Crippen molar-refractivity contribution in [2.75, 3.05) is 11.1 Å². The van der Waals surface area contributed by atoms with E-state index in [1.54, 1.807) is 12.1 Å². The van der Waals surface area contributed by atoms with Crippen LogP contribution in [0.5, 0.6) is 5.75 Å². The van der Waals surface area contributed by atoms with E-state index in [-0.39, 0.29) is 22.8 Å². The number of nitrogens with two attached hydrogens (primary N) is 1. The maximum absolute atomic E-state index is 12.7. The molecule has 28 heavy (non-hydrogen) atoms. The number of rotatable bonds is 2. The van der Waals surface area contributed by atoms with Gasteiger partial charge in [-0.3, -0.25) is 4.79 Å². The predicted octanol–water partition coefficient (Wildman–Crippen LogP) is 4.99. The average Bonchev–Trinajstić information content (AvgIpc) is 3.04. The summed E-state index contributed by atoms with van der Waals surface area (Å²) in [5.41, 5.74) is 9.26. The minimum Gasteiger partial charge on any atom is -0.506 e. The van der Waals surface area contributed by atoms with Gasteiger partial charge in [0.05, 0.1) is 10.6 Å². The van der Waals surface area contributed by atoms with Gasteiger partial charge in [-0.25, -0.2) is 4.98 Å².